The van der Waals surface area contributed by atoms with Gasteiger partial charge in [0.05, 0.1) is 11.4 Å². The Morgan fingerprint density at radius 3 is 2.58 bits per heavy atom. The molecule has 3 N–H and O–H groups in total. The van der Waals surface area contributed by atoms with E-state index in [0.717, 1.165) is 18.9 Å². The highest BCUT2D eigenvalue weighted by Gasteiger charge is 2.22. The molecule has 0 unspecified atom stereocenters. The zero-order chi connectivity index (χ0) is 14.0. The van der Waals surface area contributed by atoms with Gasteiger partial charge in [-0.15, -0.1) is 0 Å². The van der Waals surface area contributed by atoms with Gasteiger partial charge >= 0.3 is 0 Å². The minimum absolute atomic E-state index is 0.0284. The molecule has 1 aromatic carbocycles. The van der Waals surface area contributed by atoms with Gasteiger partial charge in [-0.1, -0.05) is 0 Å². The van der Waals surface area contributed by atoms with E-state index in [1.54, 1.807) is 0 Å². The second kappa shape index (κ2) is 5.42. The average Bonchev–Trinajstić information content (AvgIpc) is 2.34. The number of halogens is 2. The average molecular weight is 269 g/mol. The van der Waals surface area contributed by atoms with E-state index in [4.69, 9.17) is 5.73 Å². The summed E-state index contributed by atoms with van der Waals surface area (Å²) in [6.45, 7) is 2.70. The number of nitrogen functional groups attached to an aromatic ring is 1. The van der Waals surface area contributed by atoms with Gasteiger partial charge in [-0.05, 0) is 18.9 Å². The van der Waals surface area contributed by atoms with Crippen LogP contribution in [0, 0.1) is 11.6 Å². The molecular weight excluding hydrogens is 252 g/mol. The molecule has 1 aromatic rings. The number of anilines is 2. The van der Waals surface area contributed by atoms with Crippen LogP contribution in [0.2, 0.25) is 0 Å². The summed E-state index contributed by atoms with van der Waals surface area (Å²) in [5.74, 6) is -1.43. The Kier molecular flexibility index (Phi) is 3.87. The number of nitrogens with one attached hydrogen (secondary N) is 1. The van der Waals surface area contributed by atoms with E-state index >= 15 is 0 Å². The second-order valence-electron chi connectivity index (χ2n) is 4.78. The molecule has 1 heterocycles. The zero-order valence-electron chi connectivity index (χ0n) is 10.7. The fourth-order valence-corrected chi connectivity index (χ4v) is 2.39. The minimum Gasteiger partial charge on any atom is -0.395 e. The first kappa shape index (κ1) is 13.6. The molecule has 0 spiro atoms. The van der Waals surface area contributed by atoms with Crippen molar-refractivity contribution in [1.82, 2.24) is 5.32 Å². The highest BCUT2D eigenvalue weighted by Crippen LogP contribution is 2.29. The Labute approximate surface area is 110 Å². The van der Waals surface area contributed by atoms with Crippen LogP contribution >= 0.6 is 0 Å². The van der Waals surface area contributed by atoms with Crippen LogP contribution in [0.1, 0.15) is 19.8 Å². The normalized spacial score (nSPS) is 16.5. The predicted molar refractivity (Wildman–Crippen MR) is 69.8 cm³/mol. The fraction of sp³-hybridized carbons (Fsp3) is 0.462. The molecule has 0 aliphatic carbocycles. The number of nitrogens with two attached hydrogens (primary N) is 1. The molecule has 1 aliphatic rings. The second-order valence-corrected chi connectivity index (χ2v) is 4.78. The van der Waals surface area contributed by atoms with Gasteiger partial charge in [0.2, 0.25) is 5.91 Å². The van der Waals surface area contributed by atoms with Crippen molar-refractivity contribution >= 4 is 17.3 Å². The summed E-state index contributed by atoms with van der Waals surface area (Å²) in [7, 11) is 0. The van der Waals surface area contributed by atoms with Gasteiger partial charge in [-0.25, -0.2) is 8.78 Å². The molecule has 6 heteroatoms. The maximum atomic E-state index is 13.4. The number of piperidine rings is 1. The molecule has 1 saturated heterocycles. The van der Waals surface area contributed by atoms with E-state index in [1.165, 1.54) is 13.0 Å². The van der Waals surface area contributed by atoms with Crippen LogP contribution in [0.25, 0.3) is 0 Å². The fourth-order valence-electron chi connectivity index (χ4n) is 2.39. The molecule has 0 bridgehead atoms. The monoisotopic (exact) mass is 269 g/mol. The number of amides is 1. The summed E-state index contributed by atoms with van der Waals surface area (Å²) >= 11 is 0. The maximum absolute atomic E-state index is 13.4. The number of hydrogen-bond donors (Lipinski definition) is 2. The van der Waals surface area contributed by atoms with Crippen LogP contribution in [-0.4, -0.2) is 25.0 Å². The van der Waals surface area contributed by atoms with Crippen molar-refractivity contribution in [3.05, 3.63) is 23.8 Å². The van der Waals surface area contributed by atoms with Crippen LogP contribution in [0.15, 0.2) is 12.1 Å². The summed E-state index contributed by atoms with van der Waals surface area (Å²) in [6.07, 6.45) is 1.47. The number of benzene rings is 1. The highest BCUT2D eigenvalue weighted by molar-refractivity contribution is 5.73. The SMILES string of the molecule is CC(=O)NC1CCN(c2cc(F)cc(F)c2N)CC1. The summed E-state index contributed by atoms with van der Waals surface area (Å²) in [4.78, 5) is 12.8. The molecule has 104 valence electrons. The first-order chi connectivity index (χ1) is 8.97. The van der Waals surface area contributed by atoms with Crippen LogP contribution in [-0.2, 0) is 4.79 Å². The molecule has 1 aliphatic heterocycles. The van der Waals surface area contributed by atoms with Crippen molar-refractivity contribution in [3.63, 3.8) is 0 Å². The first-order valence-electron chi connectivity index (χ1n) is 6.24. The van der Waals surface area contributed by atoms with Gasteiger partial charge in [0.25, 0.3) is 0 Å². The highest BCUT2D eigenvalue weighted by atomic mass is 19.1. The Morgan fingerprint density at radius 1 is 1.37 bits per heavy atom. The third-order valence-electron chi connectivity index (χ3n) is 3.32. The van der Waals surface area contributed by atoms with Crippen LogP contribution in [0.5, 0.6) is 0 Å². The van der Waals surface area contributed by atoms with Crippen LogP contribution < -0.4 is 16.0 Å². The van der Waals surface area contributed by atoms with Crippen molar-refractivity contribution in [3.8, 4) is 0 Å². The molecule has 1 amide bonds. The summed E-state index contributed by atoms with van der Waals surface area (Å²) < 4.78 is 26.6. The Hall–Kier alpha value is -1.85. The van der Waals surface area contributed by atoms with Crippen molar-refractivity contribution in [1.29, 1.82) is 0 Å². The van der Waals surface area contributed by atoms with E-state index in [1.807, 2.05) is 4.90 Å². The van der Waals surface area contributed by atoms with E-state index in [-0.39, 0.29) is 17.6 Å². The molecule has 0 radical (unpaired) electrons. The largest absolute Gasteiger partial charge is 0.395 e. The quantitative estimate of drug-likeness (QED) is 0.803. The Bertz CT molecular complexity index is 485. The number of carbonyl (C=O) groups is 1. The van der Waals surface area contributed by atoms with Crippen molar-refractivity contribution in [2.45, 2.75) is 25.8 Å². The van der Waals surface area contributed by atoms with Crippen LogP contribution in [0.4, 0.5) is 20.2 Å². The Morgan fingerprint density at radius 2 is 2.00 bits per heavy atom. The smallest absolute Gasteiger partial charge is 0.217 e. The van der Waals surface area contributed by atoms with Gasteiger partial charge in [-0.2, -0.15) is 0 Å². The van der Waals surface area contributed by atoms with Gasteiger partial charge < -0.3 is 16.0 Å². The molecule has 19 heavy (non-hydrogen) atoms. The lowest BCUT2D eigenvalue weighted by atomic mass is 10.0. The maximum Gasteiger partial charge on any atom is 0.217 e. The lowest BCUT2D eigenvalue weighted by molar-refractivity contribution is -0.119. The Balaban J connectivity index is 2.07. The lowest BCUT2D eigenvalue weighted by Gasteiger charge is -2.34. The summed E-state index contributed by atoms with van der Waals surface area (Å²) in [5, 5.41) is 2.85. The predicted octanol–water partition coefficient (Wildman–Crippen LogP) is 1.65. The topological polar surface area (TPSA) is 58.4 Å². The summed E-state index contributed by atoms with van der Waals surface area (Å²) in [5.41, 5.74) is 6.00. The van der Waals surface area contributed by atoms with E-state index in [9.17, 15) is 13.6 Å². The van der Waals surface area contributed by atoms with Crippen molar-refractivity contribution < 1.29 is 13.6 Å². The standard InChI is InChI=1S/C13H17F2N3O/c1-8(19)17-10-2-4-18(5-3-10)12-7-9(14)6-11(15)13(12)16/h6-7,10H,2-5,16H2,1H3,(H,17,19). The number of carbonyl (C=O) groups excluding carboxylic acids is 1. The number of rotatable bonds is 2. The first-order valence-corrected chi connectivity index (χ1v) is 6.24. The summed E-state index contributed by atoms with van der Waals surface area (Å²) in [6, 6.07) is 2.15. The molecular formula is C13H17F2N3O. The molecule has 0 saturated carbocycles. The third kappa shape index (κ3) is 3.13. The van der Waals surface area contributed by atoms with E-state index in [0.29, 0.717) is 18.8 Å². The van der Waals surface area contributed by atoms with Gasteiger partial charge in [0.1, 0.15) is 5.82 Å². The molecule has 2 rings (SSSR count). The molecule has 1 fully saturated rings. The number of hydrogen-bond acceptors (Lipinski definition) is 3. The molecule has 0 atom stereocenters. The minimum atomic E-state index is -0.737. The van der Waals surface area contributed by atoms with Gasteiger partial charge in [-0.3, -0.25) is 4.79 Å². The lowest BCUT2D eigenvalue weighted by Crippen LogP contribution is -2.44. The zero-order valence-corrected chi connectivity index (χ0v) is 10.7. The van der Waals surface area contributed by atoms with Crippen molar-refractivity contribution in [2.75, 3.05) is 23.7 Å². The van der Waals surface area contributed by atoms with Crippen LogP contribution in [0.3, 0.4) is 0 Å². The third-order valence-corrected chi connectivity index (χ3v) is 3.32. The van der Waals surface area contributed by atoms with Gasteiger partial charge in [0, 0.05) is 32.1 Å². The van der Waals surface area contributed by atoms with E-state index < -0.39 is 11.6 Å². The van der Waals surface area contributed by atoms with E-state index in [2.05, 4.69) is 5.32 Å². The molecule has 4 nitrogen and oxygen atoms in total. The van der Waals surface area contributed by atoms with Gasteiger partial charge in [0.15, 0.2) is 5.82 Å². The number of nitrogens with zero attached hydrogens (tertiary/aromatic N) is 1. The van der Waals surface area contributed by atoms with Crippen molar-refractivity contribution in [2.24, 2.45) is 0 Å². The molecule has 0 aromatic heterocycles.